The maximum Gasteiger partial charge on any atom is 0.142 e. The lowest BCUT2D eigenvalue weighted by Gasteiger charge is -2.09. The van der Waals surface area contributed by atoms with E-state index in [1.807, 2.05) is 24.3 Å². The van der Waals surface area contributed by atoms with Crippen molar-refractivity contribution in [3.63, 3.8) is 0 Å². The van der Waals surface area contributed by atoms with Gasteiger partial charge in [0.15, 0.2) is 0 Å². The Kier molecular flexibility index (Phi) is 3.24. The SMILES string of the molecule is C=C(c1cccc(Br)c1)c1cc(F)cnc1N. The minimum atomic E-state index is -0.426. The summed E-state index contributed by atoms with van der Waals surface area (Å²) >= 11 is 3.37. The molecule has 17 heavy (non-hydrogen) atoms. The third-order valence-corrected chi connectivity index (χ3v) is 2.88. The molecule has 0 fully saturated rings. The molecule has 4 heteroatoms. The maximum absolute atomic E-state index is 13.1. The molecular weight excluding hydrogens is 283 g/mol. The summed E-state index contributed by atoms with van der Waals surface area (Å²) in [6, 6.07) is 8.91. The fourth-order valence-electron chi connectivity index (χ4n) is 1.52. The van der Waals surface area contributed by atoms with Crippen LogP contribution >= 0.6 is 15.9 Å². The van der Waals surface area contributed by atoms with Crippen molar-refractivity contribution in [2.45, 2.75) is 0 Å². The van der Waals surface area contributed by atoms with Crippen molar-refractivity contribution in [2.75, 3.05) is 5.73 Å². The molecule has 1 heterocycles. The molecule has 1 aromatic carbocycles. The Hall–Kier alpha value is -1.68. The van der Waals surface area contributed by atoms with E-state index in [-0.39, 0.29) is 5.82 Å². The number of pyridine rings is 1. The molecule has 0 saturated carbocycles. The van der Waals surface area contributed by atoms with Gasteiger partial charge in [-0.25, -0.2) is 9.37 Å². The fourth-order valence-corrected chi connectivity index (χ4v) is 1.92. The van der Waals surface area contributed by atoms with Crippen molar-refractivity contribution < 1.29 is 4.39 Å². The number of halogens is 2. The molecule has 2 N–H and O–H groups in total. The topological polar surface area (TPSA) is 38.9 Å². The third-order valence-electron chi connectivity index (χ3n) is 2.38. The Balaban J connectivity index is 2.47. The molecule has 0 atom stereocenters. The van der Waals surface area contributed by atoms with Crippen molar-refractivity contribution in [1.82, 2.24) is 4.98 Å². The van der Waals surface area contributed by atoms with Gasteiger partial charge in [0, 0.05) is 10.0 Å². The molecule has 0 saturated heterocycles. The summed E-state index contributed by atoms with van der Waals surface area (Å²) in [6.07, 6.45) is 1.09. The summed E-state index contributed by atoms with van der Waals surface area (Å²) in [6.45, 7) is 3.93. The number of benzene rings is 1. The van der Waals surface area contributed by atoms with Gasteiger partial charge in [-0.15, -0.1) is 0 Å². The second kappa shape index (κ2) is 4.67. The number of nitrogen functional groups attached to an aromatic ring is 1. The quantitative estimate of drug-likeness (QED) is 0.918. The Morgan fingerprint density at radius 3 is 2.82 bits per heavy atom. The monoisotopic (exact) mass is 292 g/mol. The number of hydrogen-bond acceptors (Lipinski definition) is 2. The van der Waals surface area contributed by atoms with Crippen LogP contribution in [0.4, 0.5) is 10.2 Å². The molecule has 0 bridgehead atoms. The summed E-state index contributed by atoms with van der Waals surface area (Å²) in [4.78, 5) is 3.78. The average molecular weight is 293 g/mol. The first-order valence-corrected chi connectivity index (χ1v) is 5.73. The summed E-state index contributed by atoms with van der Waals surface area (Å²) in [5, 5.41) is 0. The van der Waals surface area contributed by atoms with Crippen LogP contribution in [0.15, 0.2) is 47.6 Å². The van der Waals surface area contributed by atoms with Gasteiger partial charge in [-0.1, -0.05) is 34.6 Å². The van der Waals surface area contributed by atoms with E-state index in [2.05, 4.69) is 27.5 Å². The van der Waals surface area contributed by atoms with Gasteiger partial charge in [0.2, 0.25) is 0 Å². The van der Waals surface area contributed by atoms with E-state index in [0.29, 0.717) is 11.1 Å². The number of nitrogens with zero attached hydrogens (tertiary/aromatic N) is 1. The lowest BCUT2D eigenvalue weighted by Crippen LogP contribution is -1.98. The standard InChI is InChI=1S/C13H10BrFN2/c1-8(9-3-2-4-10(14)5-9)12-6-11(15)7-17-13(12)16/h2-7H,1H2,(H2,16,17). The van der Waals surface area contributed by atoms with Gasteiger partial charge in [0.1, 0.15) is 11.6 Å². The molecule has 2 aromatic rings. The summed E-state index contributed by atoms with van der Waals surface area (Å²) < 4.78 is 14.1. The first-order chi connectivity index (χ1) is 8.08. The van der Waals surface area contributed by atoms with Crippen LogP contribution < -0.4 is 5.73 Å². The van der Waals surface area contributed by atoms with Gasteiger partial charge < -0.3 is 5.73 Å². The number of rotatable bonds is 2. The Bertz CT molecular complexity index is 581. The minimum absolute atomic E-state index is 0.274. The van der Waals surface area contributed by atoms with Crippen molar-refractivity contribution >= 4 is 27.3 Å². The van der Waals surface area contributed by atoms with Gasteiger partial charge in [-0.05, 0) is 29.3 Å². The molecule has 0 amide bonds. The van der Waals surface area contributed by atoms with E-state index in [9.17, 15) is 4.39 Å². The zero-order valence-electron chi connectivity index (χ0n) is 8.95. The number of hydrogen-bond donors (Lipinski definition) is 1. The van der Waals surface area contributed by atoms with Crippen molar-refractivity contribution in [1.29, 1.82) is 0 Å². The zero-order valence-corrected chi connectivity index (χ0v) is 10.5. The number of nitrogens with two attached hydrogens (primary N) is 1. The molecule has 2 rings (SSSR count). The highest BCUT2D eigenvalue weighted by Crippen LogP contribution is 2.27. The van der Waals surface area contributed by atoms with E-state index in [0.717, 1.165) is 16.2 Å². The fraction of sp³-hybridized carbons (Fsp3) is 0. The second-order valence-electron chi connectivity index (χ2n) is 3.58. The van der Waals surface area contributed by atoms with Crippen LogP contribution in [0, 0.1) is 5.82 Å². The van der Waals surface area contributed by atoms with Crippen LogP contribution in [0.1, 0.15) is 11.1 Å². The lowest BCUT2D eigenvalue weighted by molar-refractivity contribution is 0.621. The molecule has 86 valence electrons. The van der Waals surface area contributed by atoms with E-state index in [1.54, 1.807) is 0 Å². The minimum Gasteiger partial charge on any atom is -0.383 e. The molecule has 0 aliphatic carbocycles. The Morgan fingerprint density at radius 1 is 1.35 bits per heavy atom. The van der Waals surface area contributed by atoms with E-state index in [4.69, 9.17) is 5.73 Å². The van der Waals surface area contributed by atoms with Gasteiger partial charge in [-0.3, -0.25) is 0 Å². The summed E-state index contributed by atoms with van der Waals surface area (Å²) in [5.41, 5.74) is 7.75. The van der Waals surface area contributed by atoms with Crippen molar-refractivity contribution in [3.8, 4) is 0 Å². The molecule has 1 aromatic heterocycles. The highest BCUT2D eigenvalue weighted by Gasteiger charge is 2.08. The molecule has 0 unspecified atom stereocenters. The molecule has 0 aliphatic heterocycles. The summed E-state index contributed by atoms with van der Waals surface area (Å²) in [7, 11) is 0. The molecular formula is C13H10BrFN2. The Morgan fingerprint density at radius 2 is 2.12 bits per heavy atom. The van der Waals surface area contributed by atoms with E-state index in [1.165, 1.54) is 6.07 Å². The first kappa shape index (κ1) is 11.8. The summed E-state index contributed by atoms with van der Waals surface area (Å²) in [5.74, 6) is -0.151. The smallest absolute Gasteiger partial charge is 0.142 e. The molecule has 0 radical (unpaired) electrons. The highest BCUT2D eigenvalue weighted by molar-refractivity contribution is 9.10. The molecule has 0 aliphatic rings. The van der Waals surface area contributed by atoms with Crippen molar-refractivity contribution in [2.24, 2.45) is 0 Å². The van der Waals surface area contributed by atoms with Crippen LogP contribution in [0.25, 0.3) is 5.57 Å². The third kappa shape index (κ3) is 2.53. The van der Waals surface area contributed by atoms with Gasteiger partial charge >= 0.3 is 0 Å². The van der Waals surface area contributed by atoms with Crippen LogP contribution in [-0.4, -0.2) is 4.98 Å². The van der Waals surface area contributed by atoms with Gasteiger partial charge in [-0.2, -0.15) is 0 Å². The van der Waals surface area contributed by atoms with Crippen LogP contribution in [0.3, 0.4) is 0 Å². The predicted octanol–water partition coefficient (Wildman–Crippen LogP) is 3.63. The lowest BCUT2D eigenvalue weighted by atomic mass is 10.0. The highest BCUT2D eigenvalue weighted by atomic mass is 79.9. The zero-order chi connectivity index (χ0) is 12.4. The van der Waals surface area contributed by atoms with Crippen molar-refractivity contribution in [3.05, 3.63) is 64.5 Å². The van der Waals surface area contributed by atoms with Crippen LogP contribution in [0.2, 0.25) is 0 Å². The van der Waals surface area contributed by atoms with E-state index < -0.39 is 5.82 Å². The number of aromatic nitrogens is 1. The van der Waals surface area contributed by atoms with Crippen LogP contribution in [-0.2, 0) is 0 Å². The largest absolute Gasteiger partial charge is 0.383 e. The Labute approximate surface area is 107 Å². The van der Waals surface area contributed by atoms with Gasteiger partial charge in [0.25, 0.3) is 0 Å². The first-order valence-electron chi connectivity index (χ1n) is 4.94. The predicted molar refractivity (Wildman–Crippen MR) is 70.9 cm³/mol. The maximum atomic E-state index is 13.1. The number of anilines is 1. The molecule has 2 nitrogen and oxygen atoms in total. The van der Waals surface area contributed by atoms with Gasteiger partial charge in [0.05, 0.1) is 6.20 Å². The normalized spacial score (nSPS) is 10.2. The van der Waals surface area contributed by atoms with E-state index >= 15 is 0 Å². The average Bonchev–Trinajstić information content (AvgIpc) is 2.31. The van der Waals surface area contributed by atoms with Crippen LogP contribution in [0.5, 0.6) is 0 Å². The molecule has 0 spiro atoms. The second-order valence-corrected chi connectivity index (χ2v) is 4.49.